The van der Waals surface area contributed by atoms with E-state index in [1.54, 1.807) is 0 Å². The molecule has 5 aromatic carbocycles. The number of hydrogen-bond donors (Lipinski definition) is 0. The summed E-state index contributed by atoms with van der Waals surface area (Å²) in [6, 6.07) is 34.5. The number of rotatable bonds is 3. The van der Waals surface area contributed by atoms with E-state index < -0.39 is 0 Å². The van der Waals surface area contributed by atoms with Gasteiger partial charge in [-0.2, -0.15) is 0 Å². The lowest BCUT2D eigenvalue weighted by atomic mass is 9.35. The molecule has 0 saturated carbocycles. The van der Waals surface area contributed by atoms with Crippen LogP contribution in [0.15, 0.2) is 107 Å². The first-order valence-corrected chi connectivity index (χ1v) is 27.2. The van der Waals surface area contributed by atoms with Gasteiger partial charge in [-0.05, 0) is 181 Å². The summed E-state index contributed by atoms with van der Waals surface area (Å²) < 4.78 is 7.70. The number of furan rings is 1. The Kier molecular flexibility index (Phi) is 10.4. The normalized spacial score (nSPS) is 19.7. The summed E-state index contributed by atoms with van der Waals surface area (Å²) in [6.45, 7) is 43.0. The number of aryl methyl sites for hydroxylation is 1. The molecule has 5 aliphatic rings. The minimum Gasteiger partial charge on any atom is -0.468 e. The van der Waals surface area contributed by atoms with Crippen molar-refractivity contribution >= 4 is 68.3 Å². The molecule has 0 radical (unpaired) electrons. The van der Waals surface area contributed by atoms with Gasteiger partial charge in [0, 0.05) is 39.4 Å². The molecule has 0 atom stereocenters. The first-order chi connectivity index (χ1) is 33.0. The second-order valence-corrected chi connectivity index (χ2v) is 28.4. The first kappa shape index (κ1) is 48.1. The van der Waals surface area contributed by atoms with Crippen molar-refractivity contribution in [1.82, 2.24) is 0 Å². The molecule has 3 heterocycles. The lowest BCUT2D eigenvalue weighted by Crippen LogP contribution is -2.61. The molecule has 0 saturated heterocycles. The van der Waals surface area contributed by atoms with Crippen LogP contribution in [0.5, 0.6) is 0 Å². The van der Waals surface area contributed by atoms with Crippen LogP contribution in [0.3, 0.4) is 0 Å². The zero-order chi connectivity index (χ0) is 50.9. The highest BCUT2D eigenvalue weighted by molar-refractivity contribution is 7.00. The van der Waals surface area contributed by atoms with Gasteiger partial charge in [0.15, 0.2) is 0 Å². The number of anilines is 5. The van der Waals surface area contributed by atoms with Crippen LogP contribution in [0, 0.1) is 12.3 Å². The third-order valence-electron chi connectivity index (χ3n) is 18.3. The van der Waals surface area contributed by atoms with Crippen LogP contribution in [0.1, 0.15) is 201 Å². The number of fused-ring (bicyclic) bond motifs is 8. The van der Waals surface area contributed by atoms with Crippen LogP contribution in [0.2, 0.25) is 0 Å². The average molecular weight is 941 g/mol. The SMILES string of the molecule is Cc1cc2c3c(c1)N(c1ccc4c(c1)C(C)(C)CCC4(C)C)c1c(oc4cc5c(cc14)C(C)(C)CCC5(C)C)B3c1cc(C(C)(C)C)ccc1N2C1=C(c2ccc(C(C)(C)C)cc2)C=C(C(C)(C)C)CC1. The summed E-state index contributed by atoms with van der Waals surface area (Å²) in [5.41, 5.74) is 26.6. The predicted octanol–water partition coefficient (Wildman–Crippen LogP) is 17.0. The van der Waals surface area contributed by atoms with Gasteiger partial charge in [0.05, 0.1) is 11.3 Å². The summed E-state index contributed by atoms with van der Waals surface area (Å²) in [6.07, 6.45) is 9.20. The van der Waals surface area contributed by atoms with Gasteiger partial charge in [-0.1, -0.05) is 172 Å². The van der Waals surface area contributed by atoms with E-state index in [1.165, 1.54) is 119 Å². The van der Waals surface area contributed by atoms with Crippen LogP contribution in [0.4, 0.5) is 28.4 Å². The van der Waals surface area contributed by atoms with Gasteiger partial charge in [0.1, 0.15) is 5.58 Å². The van der Waals surface area contributed by atoms with Crippen LogP contribution in [-0.4, -0.2) is 6.71 Å². The van der Waals surface area contributed by atoms with Crippen LogP contribution < -0.4 is 26.4 Å². The highest BCUT2D eigenvalue weighted by Crippen LogP contribution is 2.54. The summed E-state index contributed by atoms with van der Waals surface area (Å²) in [4.78, 5) is 5.37. The van der Waals surface area contributed by atoms with Crippen molar-refractivity contribution in [2.45, 2.75) is 196 Å². The third kappa shape index (κ3) is 7.56. The van der Waals surface area contributed by atoms with E-state index in [1.807, 2.05) is 0 Å². The Hall–Kier alpha value is -5.22. The molecule has 3 aliphatic carbocycles. The Balaban J connectivity index is 1.26. The van der Waals surface area contributed by atoms with Crippen molar-refractivity contribution in [3.8, 4) is 0 Å². The lowest BCUT2D eigenvalue weighted by Gasteiger charge is -2.46. The molecule has 368 valence electrons. The molecule has 2 aliphatic heterocycles. The van der Waals surface area contributed by atoms with E-state index in [9.17, 15) is 0 Å². The quantitative estimate of drug-likeness (QED) is 0.165. The molecular formula is C67H81BN2O. The van der Waals surface area contributed by atoms with Crippen molar-refractivity contribution in [3.63, 3.8) is 0 Å². The fourth-order valence-corrected chi connectivity index (χ4v) is 13.4. The summed E-state index contributed by atoms with van der Waals surface area (Å²) in [5.74, 6) is 0. The maximum absolute atomic E-state index is 7.70. The van der Waals surface area contributed by atoms with Crippen molar-refractivity contribution < 1.29 is 4.42 Å². The van der Waals surface area contributed by atoms with Crippen molar-refractivity contribution in [2.24, 2.45) is 5.41 Å². The first-order valence-electron chi connectivity index (χ1n) is 27.2. The molecule has 0 amide bonds. The standard InChI is InChI=1S/C67H81BN2O/c1-40-33-55-58-56(34-40)70(53-27-23-43(62(5,6)7)35-46(53)41-19-21-42(22-20-41)61(2,3)4)54-28-24-44(63(8,9)10)36-52(54)68(58)60-59(47-38-50-51(39-57(47)71-60)67(17,18)32-31-66(50,15)16)69(55)45-25-26-48-49(37-45)65(13,14)30-29-64(48,11)12/h19-22,24-26,28,33-39H,23,27,29-32H2,1-18H3. The zero-order valence-electron chi connectivity index (χ0n) is 46.8. The van der Waals surface area contributed by atoms with Gasteiger partial charge in [-0.3, -0.25) is 0 Å². The lowest BCUT2D eigenvalue weighted by molar-refractivity contribution is 0.332. The summed E-state index contributed by atoms with van der Waals surface area (Å²) in [7, 11) is 0. The fraction of sp³-hybridized carbons (Fsp3) is 0.463. The Morgan fingerprint density at radius 2 is 1.07 bits per heavy atom. The molecule has 71 heavy (non-hydrogen) atoms. The second-order valence-electron chi connectivity index (χ2n) is 28.4. The Morgan fingerprint density at radius 1 is 0.521 bits per heavy atom. The minimum absolute atomic E-state index is 0.0468. The van der Waals surface area contributed by atoms with E-state index in [4.69, 9.17) is 4.42 Å². The Labute approximate surface area is 428 Å². The van der Waals surface area contributed by atoms with Gasteiger partial charge in [0.25, 0.3) is 6.71 Å². The van der Waals surface area contributed by atoms with Crippen LogP contribution >= 0.6 is 0 Å². The molecule has 0 N–H and O–H groups in total. The van der Waals surface area contributed by atoms with Crippen LogP contribution in [-0.2, 0) is 32.5 Å². The Bertz CT molecular complexity index is 3270. The summed E-state index contributed by atoms with van der Waals surface area (Å²) in [5, 5.41) is 1.22. The number of hydrogen-bond acceptors (Lipinski definition) is 3. The van der Waals surface area contributed by atoms with E-state index in [-0.39, 0.29) is 44.6 Å². The third-order valence-corrected chi connectivity index (χ3v) is 18.3. The summed E-state index contributed by atoms with van der Waals surface area (Å²) >= 11 is 0. The van der Waals surface area contributed by atoms with Gasteiger partial charge in [0.2, 0.25) is 0 Å². The van der Waals surface area contributed by atoms with E-state index >= 15 is 0 Å². The van der Waals surface area contributed by atoms with Gasteiger partial charge >= 0.3 is 0 Å². The smallest absolute Gasteiger partial charge is 0.297 e. The fourth-order valence-electron chi connectivity index (χ4n) is 13.4. The van der Waals surface area contributed by atoms with E-state index in [2.05, 4.69) is 225 Å². The zero-order valence-corrected chi connectivity index (χ0v) is 46.8. The Morgan fingerprint density at radius 3 is 1.66 bits per heavy atom. The van der Waals surface area contributed by atoms with Crippen molar-refractivity contribution in [2.75, 3.05) is 9.80 Å². The van der Waals surface area contributed by atoms with Gasteiger partial charge in [-0.15, -0.1) is 0 Å². The number of nitrogens with zero attached hydrogens (tertiary/aromatic N) is 2. The molecule has 6 aromatic rings. The number of allylic oxidation sites excluding steroid dienone is 4. The highest BCUT2D eigenvalue weighted by Gasteiger charge is 2.49. The van der Waals surface area contributed by atoms with Crippen LogP contribution in [0.25, 0.3) is 16.5 Å². The van der Waals surface area contributed by atoms with E-state index in [0.29, 0.717) is 0 Å². The highest BCUT2D eigenvalue weighted by atomic mass is 16.3. The maximum Gasteiger partial charge on any atom is 0.297 e. The van der Waals surface area contributed by atoms with Crippen molar-refractivity contribution in [3.05, 3.63) is 147 Å². The second kappa shape index (κ2) is 15.4. The topological polar surface area (TPSA) is 19.6 Å². The molecule has 0 fully saturated rings. The molecule has 11 rings (SSSR count). The molecule has 4 heteroatoms. The monoisotopic (exact) mass is 941 g/mol. The molecular weight excluding hydrogens is 860 g/mol. The molecule has 0 unspecified atom stereocenters. The van der Waals surface area contributed by atoms with E-state index in [0.717, 1.165) is 36.9 Å². The minimum atomic E-state index is -0.113. The molecule has 0 spiro atoms. The average Bonchev–Trinajstić information content (AvgIpc) is 3.66. The predicted molar refractivity (Wildman–Crippen MR) is 307 cm³/mol. The number of benzene rings is 5. The molecule has 1 aromatic heterocycles. The molecule has 3 nitrogen and oxygen atoms in total. The van der Waals surface area contributed by atoms with Gasteiger partial charge < -0.3 is 14.2 Å². The maximum atomic E-state index is 7.70. The van der Waals surface area contributed by atoms with Crippen molar-refractivity contribution in [1.29, 1.82) is 0 Å². The largest absolute Gasteiger partial charge is 0.468 e. The van der Waals surface area contributed by atoms with Gasteiger partial charge in [-0.25, -0.2) is 0 Å². The molecule has 0 bridgehead atoms.